The number of anilines is 1. The summed E-state index contributed by atoms with van der Waals surface area (Å²) in [4.78, 5) is 37.3. The van der Waals surface area contributed by atoms with Gasteiger partial charge in [0.05, 0.1) is 12.4 Å². The average molecular weight is 417 g/mol. The van der Waals surface area contributed by atoms with Crippen LogP contribution in [0.15, 0.2) is 73.3 Å². The number of piperidine rings is 1. The van der Waals surface area contributed by atoms with Crippen LogP contribution in [0.1, 0.15) is 18.4 Å². The molecule has 2 fully saturated rings. The van der Waals surface area contributed by atoms with Crippen LogP contribution in [0.3, 0.4) is 0 Å². The Kier molecular flexibility index (Phi) is 5.13. The number of urea groups is 1. The van der Waals surface area contributed by atoms with Gasteiger partial charge >= 0.3 is 6.03 Å². The Morgan fingerprint density at radius 3 is 2.65 bits per heavy atom. The number of aromatic nitrogens is 2. The highest BCUT2D eigenvalue weighted by Gasteiger charge is 2.47. The van der Waals surface area contributed by atoms with Gasteiger partial charge in [-0.25, -0.2) is 9.78 Å². The van der Waals surface area contributed by atoms with Gasteiger partial charge in [0.15, 0.2) is 0 Å². The van der Waals surface area contributed by atoms with E-state index in [4.69, 9.17) is 4.84 Å². The zero-order valence-electron chi connectivity index (χ0n) is 16.9. The lowest BCUT2D eigenvalue weighted by Crippen LogP contribution is -2.47. The quantitative estimate of drug-likeness (QED) is 0.668. The van der Waals surface area contributed by atoms with Gasteiger partial charge in [-0.1, -0.05) is 30.3 Å². The van der Waals surface area contributed by atoms with Gasteiger partial charge in [0, 0.05) is 30.3 Å². The van der Waals surface area contributed by atoms with Crippen molar-refractivity contribution in [2.45, 2.75) is 31.5 Å². The number of imidazole rings is 1. The number of nitrogens with one attached hydrogen (secondary N) is 1. The fourth-order valence-electron chi connectivity index (χ4n) is 4.14. The zero-order valence-corrected chi connectivity index (χ0v) is 16.9. The number of hydrogen-bond acceptors (Lipinski definition) is 4. The molecule has 8 heteroatoms. The van der Waals surface area contributed by atoms with Crippen molar-refractivity contribution in [3.05, 3.63) is 78.9 Å². The predicted molar refractivity (Wildman–Crippen MR) is 114 cm³/mol. The predicted octanol–water partition coefficient (Wildman–Crippen LogP) is 3.21. The molecule has 158 valence electrons. The van der Waals surface area contributed by atoms with Gasteiger partial charge < -0.3 is 14.8 Å². The summed E-state index contributed by atoms with van der Waals surface area (Å²) >= 11 is 0. The summed E-state index contributed by atoms with van der Waals surface area (Å²) in [6, 6.07) is 16.5. The molecule has 2 saturated heterocycles. The van der Waals surface area contributed by atoms with Gasteiger partial charge in [0.25, 0.3) is 0 Å². The number of hydrogen-bond donors (Lipinski definition) is 1. The molecule has 3 aromatic rings. The van der Waals surface area contributed by atoms with Crippen molar-refractivity contribution in [3.63, 3.8) is 0 Å². The Labute approximate surface area is 180 Å². The summed E-state index contributed by atoms with van der Waals surface area (Å²) in [5, 5.41) is 4.39. The number of rotatable bonds is 6. The minimum atomic E-state index is -0.498. The normalized spacial score (nSPS) is 20.2. The van der Waals surface area contributed by atoms with Crippen molar-refractivity contribution in [3.8, 4) is 5.69 Å². The molecule has 0 unspecified atom stereocenters. The van der Waals surface area contributed by atoms with E-state index in [2.05, 4.69) is 10.3 Å². The lowest BCUT2D eigenvalue weighted by Gasteiger charge is -2.29. The Hall–Kier alpha value is -3.65. The molecule has 1 aromatic heterocycles. The molecule has 3 heterocycles. The van der Waals surface area contributed by atoms with E-state index in [9.17, 15) is 9.59 Å². The maximum absolute atomic E-state index is 12.9. The summed E-state index contributed by atoms with van der Waals surface area (Å²) < 4.78 is 1.89. The maximum Gasteiger partial charge on any atom is 0.345 e. The molecule has 8 nitrogen and oxygen atoms in total. The van der Waals surface area contributed by atoms with Gasteiger partial charge in [-0.2, -0.15) is 5.06 Å². The second-order valence-electron chi connectivity index (χ2n) is 7.77. The first-order valence-corrected chi connectivity index (χ1v) is 10.3. The number of nitrogens with zero attached hydrogens (tertiary/aromatic N) is 4. The molecule has 2 aromatic carbocycles. The first-order chi connectivity index (χ1) is 15.2. The largest absolute Gasteiger partial charge is 0.345 e. The van der Waals surface area contributed by atoms with Gasteiger partial charge in [0.2, 0.25) is 5.91 Å². The lowest BCUT2D eigenvalue weighted by atomic mass is 10.0. The third-order valence-corrected chi connectivity index (χ3v) is 5.78. The van der Waals surface area contributed by atoms with Crippen LogP contribution in [0.2, 0.25) is 0 Å². The van der Waals surface area contributed by atoms with Crippen LogP contribution in [0, 0.1) is 0 Å². The highest BCUT2D eigenvalue weighted by atomic mass is 16.7. The van der Waals surface area contributed by atoms with Crippen LogP contribution in [-0.2, 0) is 16.2 Å². The second kappa shape index (κ2) is 8.23. The standard InChI is InChI=1S/C23H23N5O3/c29-22(25-18-6-8-19(9-7-18)26-13-12-24-16-26)21-11-10-20-14-27(21)23(30)28(20)31-15-17-4-2-1-3-5-17/h1-9,12-13,16,20-21H,10-11,14-15H2,(H,25,29)/t20-,21+/m1/s1. The van der Waals surface area contributed by atoms with Crippen LogP contribution < -0.4 is 5.32 Å². The number of hydroxylamine groups is 2. The summed E-state index contributed by atoms with van der Waals surface area (Å²) in [5.41, 5.74) is 2.65. The summed E-state index contributed by atoms with van der Waals surface area (Å²) in [5.74, 6) is -0.174. The van der Waals surface area contributed by atoms with E-state index >= 15 is 0 Å². The summed E-state index contributed by atoms with van der Waals surface area (Å²) in [7, 11) is 0. The molecule has 0 aliphatic carbocycles. The third kappa shape index (κ3) is 3.89. The van der Waals surface area contributed by atoms with Crippen LogP contribution in [0.4, 0.5) is 10.5 Å². The minimum Gasteiger partial charge on any atom is -0.324 e. The monoisotopic (exact) mass is 417 g/mol. The van der Waals surface area contributed by atoms with E-state index in [0.717, 1.165) is 17.7 Å². The number of benzene rings is 2. The molecule has 0 saturated carbocycles. The fraction of sp³-hybridized carbons (Fsp3) is 0.261. The fourth-order valence-corrected chi connectivity index (χ4v) is 4.14. The Morgan fingerprint density at radius 2 is 1.90 bits per heavy atom. The zero-order chi connectivity index (χ0) is 21.2. The molecule has 2 bridgehead atoms. The maximum atomic E-state index is 12.9. The van der Waals surface area contributed by atoms with E-state index in [0.29, 0.717) is 25.3 Å². The van der Waals surface area contributed by atoms with Gasteiger partial charge in [-0.3, -0.25) is 9.63 Å². The van der Waals surface area contributed by atoms with E-state index < -0.39 is 6.04 Å². The number of carbonyl (C=O) groups is 2. The summed E-state index contributed by atoms with van der Waals surface area (Å²) in [6.45, 7) is 0.836. The summed E-state index contributed by atoms with van der Waals surface area (Å²) in [6.07, 6.45) is 6.63. The smallest absolute Gasteiger partial charge is 0.324 e. The van der Waals surface area contributed by atoms with Crippen molar-refractivity contribution in [1.29, 1.82) is 0 Å². The van der Waals surface area contributed by atoms with Crippen molar-refractivity contribution < 1.29 is 14.4 Å². The first-order valence-electron chi connectivity index (χ1n) is 10.3. The topological polar surface area (TPSA) is 79.7 Å². The Bertz CT molecular complexity index is 1050. The van der Waals surface area contributed by atoms with E-state index in [-0.39, 0.29) is 18.0 Å². The molecule has 2 atom stereocenters. The molecule has 3 amide bonds. The molecule has 2 aliphatic heterocycles. The lowest BCUT2D eigenvalue weighted by molar-refractivity contribution is -0.140. The van der Waals surface area contributed by atoms with Gasteiger partial charge in [-0.05, 0) is 42.7 Å². The van der Waals surface area contributed by atoms with E-state index in [1.165, 1.54) is 5.06 Å². The number of carbonyl (C=O) groups excluding carboxylic acids is 2. The molecule has 2 aliphatic rings. The Balaban J connectivity index is 1.21. The molecule has 31 heavy (non-hydrogen) atoms. The minimum absolute atomic E-state index is 0.0188. The van der Waals surface area contributed by atoms with E-state index in [1.807, 2.05) is 65.4 Å². The highest BCUT2D eigenvalue weighted by molar-refractivity contribution is 5.97. The molecular formula is C23H23N5O3. The van der Waals surface area contributed by atoms with Gasteiger partial charge in [-0.15, -0.1) is 0 Å². The van der Waals surface area contributed by atoms with Crippen LogP contribution in [0.25, 0.3) is 5.69 Å². The van der Waals surface area contributed by atoms with Crippen LogP contribution in [0.5, 0.6) is 0 Å². The third-order valence-electron chi connectivity index (χ3n) is 5.78. The molecule has 1 N–H and O–H groups in total. The van der Waals surface area contributed by atoms with Gasteiger partial charge in [0.1, 0.15) is 12.6 Å². The van der Waals surface area contributed by atoms with E-state index in [1.54, 1.807) is 17.4 Å². The van der Waals surface area contributed by atoms with Crippen molar-refractivity contribution in [1.82, 2.24) is 19.5 Å². The van der Waals surface area contributed by atoms with Crippen molar-refractivity contribution >= 4 is 17.6 Å². The average Bonchev–Trinajstić information content (AvgIpc) is 3.42. The molecule has 0 radical (unpaired) electrons. The van der Waals surface area contributed by atoms with Crippen LogP contribution in [-0.4, -0.2) is 50.1 Å². The van der Waals surface area contributed by atoms with Crippen LogP contribution >= 0.6 is 0 Å². The Morgan fingerprint density at radius 1 is 1.10 bits per heavy atom. The molecule has 0 spiro atoms. The highest BCUT2D eigenvalue weighted by Crippen LogP contribution is 2.31. The molecular weight excluding hydrogens is 394 g/mol. The first kappa shape index (κ1) is 19.3. The SMILES string of the molecule is O=C(Nc1ccc(-n2ccnc2)cc1)[C@@H]1CC[C@@H]2CN1C(=O)N2OCc1ccccc1. The van der Waals surface area contributed by atoms with Crippen molar-refractivity contribution in [2.75, 3.05) is 11.9 Å². The number of amides is 3. The van der Waals surface area contributed by atoms with Crippen molar-refractivity contribution in [2.24, 2.45) is 0 Å². The molecule has 5 rings (SSSR count). The second-order valence-corrected chi connectivity index (χ2v) is 7.77. The number of fused-ring (bicyclic) bond motifs is 2.